The average Bonchev–Trinajstić information content (AvgIpc) is 3.65. The Morgan fingerprint density at radius 1 is 1.06 bits per heavy atom. The van der Waals surface area contributed by atoms with Gasteiger partial charge in [0.15, 0.2) is 0 Å². The van der Waals surface area contributed by atoms with Crippen molar-refractivity contribution in [1.29, 1.82) is 0 Å². The summed E-state index contributed by atoms with van der Waals surface area (Å²) >= 11 is 1.25. The second kappa shape index (κ2) is 9.85. The summed E-state index contributed by atoms with van der Waals surface area (Å²) in [4.78, 5) is 27.4. The third-order valence-electron chi connectivity index (χ3n) is 6.49. The Morgan fingerprint density at radius 2 is 1.80 bits per heavy atom. The summed E-state index contributed by atoms with van der Waals surface area (Å²) in [6.07, 6.45) is 5.47. The maximum absolute atomic E-state index is 13.7. The number of urea groups is 1. The van der Waals surface area contributed by atoms with Crippen molar-refractivity contribution in [3.8, 4) is 11.4 Å². The van der Waals surface area contributed by atoms with Gasteiger partial charge in [0.25, 0.3) is 0 Å². The number of aromatic nitrogens is 5. The Hall–Kier alpha value is -3.76. The number of para-hydroxylation sites is 3. The third kappa shape index (κ3) is 4.38. The fraction of sp³-hybridized carbons (Fsp3) is 0.240. The van der Waals surface area contributed by atoms with Crippen molar-refractivity contribution < 1.29 is 14.1 Å². The van der Waals surface area contributed by atoms with Crippen LogP contribution in [0.3, 0.4) is 0 Å². The lowest BCUT2D eigenvalue weighted by Crippen LogP contribution is -2.61. The van der Waals surface area contributed by atoms with Gasteiger partial charge in [-0.25, -0.2) is 9.59 Å². The number of likely N-dealkylation sites (tertiary alicyclic amines) is 1. The van der Waals surface area contributed by atoms with Crippen LogP contribution in [0, 0.1) is 0 Å². The SMILES string of the molecule is C[C@@H]1CCC[N+]1(C(=O)CSc1nnnn1-c1ccccc1)C(=O)Nc1ccccc1-n1cccc1. The number of thioether (sulfide) groups is 1. The molecule has 4 aromatic rings. The number of anilines is 1. The molecular formula is C25H26N7O2S+. The molecule has 0 spiro atoms. The minimum absolute atomic E-state index is 0.0875. The van der Waals surface area contributed by atoms with Crippen molar-refractivity contribution >= 4 is 29.4 Å². The van der Waals surface area contributed by atoms with Crippen LogP contribution in [0.2, 0.25) is 0 Å². The predicted molar refractivity (Wildman–Crippen MR) is 133 cm³/mol. The van der Waals surface area contributed by atoms with Crippen LogP contribution in [-0.2, 0) is 4.79 Å². The monoisotopic (exact) mass is 488 g/mol. The maximum atomic E-state index is 13.7. The second-order valence-corrected chi connectivity index (χ2v) is 9.45. The Kier molecular flexibility index (Phi) is 6.47. The minimum Gasteiger partial charge on any atom is -0.322 e. The highest BCUT2D eigenvalue weighted by Crippen LogP contribution is 2.32. The molecule has 1 fully saturated rings. The largest absolute Gasteiger partial charge is 0.428 e. The molecule has 10 heteroatoms. The number of benzene rings is 2. The molecule has 9 nitrogen and oxygen atoms in total. The fourth-order valence-electron chi connectivity index (χ4n) is 4.62. The molecule has 1 aliphatic heterocycles. The highest BCUT2D eigenvalue weighted by Gasteiger charge is 2.52. The molecule has 0 aliphatic carbocycles. The lowest BCUT2D eigenvalue weighted by molar-refractivity contribution is -0.781. The summed E-state index contributed by atoms with van der Waals surface area (Å²) in [6, 6.07) is 20.5. The molecule has 2 atom stereocenters. The van der Waals surface area contributed by atoms with E-state index in [9.17, 15) is 9.59 Å². The molecule has 1 N–H and O–H groups in total. The van der Waals surface area contributed by atoms with E-state index in [2.05, 4.69) is 20.8 Å². The van der Waals surface area contributed by atoms with Crippen LogP contribution in [0.25, 0.3) is 11.4 Å². The first-order valence-electron chi connectivity index (χ1n) is 11.5. The molecular weight excluding hydrogens is 462 g/mol. The molecule has 2 aromatic heterocycles. The number of rotatable bonds is 6. The van der Waals surface area contributed by atoms with Crippen molar-refractivity contribution in [3.63, 3.8) is 0 Å². The highest BCUT2D eigenvalue weighted by atomic mass is 32.2. The molecule has 35 heavy (non-hydrogen) atoms. The van der Waals surface area contributed by atoms with Crippen molar-refractivity contribution in [3.05, 3.63) is 79.1 Å². The second-order valence-electron chi connectivity index (χ2n) is 8.51. The Labute approximate surface area is 207 Å². The van der Waals surface area contributed by atoms with Gasteiger partial charge in [-0.3, -0.25) is 5.32 Å². The molecule has 0 radical (unpaired) electrons. The van der Waals surface area contributed by atoms with Crippen LogP contribution in [0.5, 0.6) is 0 Å². The Bertz CT molecular complexity index is 1320. The standard InChI is InChI=1S/C25H25N7O2S/c1-19-10-9-17-32(19,25(34)26-21-13-5-6-14-22(21)30-15-7-8-16-30)23(33)18-35-24-27-28-29-31(24)20-11-3-2-4-12-20/h2-8,11-16,19H,9-10,17-18H2,1H3/p+1/t19-,32?/m1/s1. The lowest BCUT2D eigenvalue weighted by atomic mass is 10.2. The van der Waals surface area contributed by atoms with Crippen LogP contribution in [0.1, 0.15) is 19.8 Å². The topological polar surface area (TPSA) is 94.7 Å². The van der Waals surface area contributed by atoms with E-state index >= 15 is 0 Å². The first-order valence-corrected chi connectivity index (χ1v) is 12.5. The van der Waals surface area contributed by atoms with E-state index < -0.39 is 0 Å². The summed E-state index contributed by atoms with van der Waals surface area (Å²) in [6.45, 7) is 2.45. The summed E-state index contributed by atoms with van der Waals surface area (Å²) in [5.41, 5.74) is 2.32. The normalized spacial score (nSPS) is 19.5. The van der Waals surface area contributed by atoms with Crippen LogP contribution < -0.4 is 5.32 Å². The molecule has 2 aromatic carbocycles. The summed E-state index contributed by atoms with van der Waals surface area (Å²) in [5.74, 6) is -0.0666. The highest BCUT2D eigenvalue weighted by molar-refractivity contribution is 7.99. The lowest BCUT2D eigenvalue weighted by Gasteiger charge is -2.33. The summed E-state index contributed by atoms with van der Waals surface area (Å²) in [7, 11) is 0. The van der Waals surface area contributed by atoms with E-state index in [1.54, 1.807) is 4.68 Å². The molecule has 0 saturated carbocycles. The minimum atomic E-state index is -0.303. The molecule has 3 amide bonds. The van der Waals surface area contributed by atoms with Gasteiger partial charge in [0.1, 0.15) is 11.8 Å². The van der Waals surface area contributed by atoms with E-state index in [-0.39, 0.29) is 28.2 Å². The van der Waals surface area contributed by atoms with E-state index in [1.807, 2.05) is 90.6 Å². The number of quaternary nitrogens is 1. The molecule has 178 valence electrons. The number of nitrogens with one attached hydrogen (secondary N) is 1. The number of nitrogens with zero attached hydrogens (tertiary/aromatic N) is 6. The fourth-order valence-corrected chi connectivity index (χ4v) is 5.46. The van der Waals surface area contributed by atoms with Gasteiger partial charge in [-0.1, -0.05) is 42.1 Å². The molecule has 1 unspecified atom stereocenters. The number of hydrogen-bond donors (Lipinski definition) is 1. The van der Waals surface area contributed by atoms with Gasteiger partial charge in [-0.15, -0.1) is 5.10 Å². The van der Waals surface area contributed by atoms with Crippen molar-refractivity contribution in [2.24, 2.45) is 0 Å². The van der Waals surface area contributed by atoms with E-state index in [1.165, 1.54) is 11.8 Å². The third-order valence-corrected chi connectivity index (χ3v) is 7.39. The molecule has 1 saturated heterocycles. The molecule has 1 aliphatic rings. The smallest absolute Gasteiger partial charge is 0.322 e. The number of hydrogen-bond acceptors (Lipinski definition) is 6. The molecule has 5 rings (SSSR count). The van der Waals surface area contributed by atoms with Gasteiger partial charge in [-0.05, 0) is 53.7 Å². The van der Waals surface area contributed by atoms with Crippen LogP contribution in [0.15, 0.2) is 84.3 Å². The van der Waals surface area contributed by atoms with Gasteiger partial charge in [0.05, 0.1) is 23.6 Å². The van der Waals surface area contributed by atoms with Crippen LogP contribution in [-0.4, -0.2) is 59.5 Å². The van der Waals surface area contributed by atoms with E-state index in [4.69, 9.17) is 0 Å². The van der Waals surface area contributed by atoms with Crippen LogP contribution in [0.4, 0.5) is 10.5 Å². The zero-order valence-electron chi connectivity index (χ0n) is 19.3. The van der Waals surface area contributed by atoms with Crippen molar-refractivity contribution in [1.82, 2.24) is 24.8 Å². The molecule has 3 heterocycles. The maximum Gasteiger partial charge on any atom is 0.428 e. The number of imide groups is 1. The first-order chi connectivity index (χ1) is 17.1. The van der Waals surface area contributed by atoms with E-state index in [0.717, 1.165) is 24.2 Å². The average molecular weight is 489 g/mol. The number of amides is 3. The van der Waals surface area contributed by atoms with Gasteiger partial charge in [0.2, 0.25) is 5.16 Å². The Morgan fingerprint density at radius 3 is 2.54 bits per heavy atom. The predicted octanol–water partition coefficient (Wildman–Crippen LogP) is 4.30. The number of carbonyl (C=O) groups is 2. The number of tetrazole rings is 1. The summed E-state index contributed by atoms with van der Waals surface area (Å²) in [5, 5.41) is 15.5. The van der Waals surface area contributed by atoms with E-state index in [0.29, 0.717) is 17.4 Å². The van der Waals surface area contributed by atoms with Crippen molar-refractivity contribution in [2.75, 3.05) is 17.6 Å². The van der Waals surface area contributed by atoms with Gasteiger partial charge in [0, 0.05) is 25.2 Å². The van der Waals surface area contributed by atoms with Gasteiger partial charge < -0.3 is 4.57 Å². The zero-order valence-corrected chi connectivity index (χ0v) is 20.1. The van der Waals surface area contributed by atoms with Gasteiger partial charge >= 0.3 is 11.9 Å². The Balaban J connectivity index is 1.37. The quantitative estimate of drug-likeness (QED) is 0.321. The van der Waals surface area contributed by atoms with Gasteiger partial charge in [-0.2, -0.15) is 9.16 Å². The molecule has 0 bridgehead atoms. The summed E-state index contributed by atoms with van der Waals surface area (Å²) < 4.78 is 3.30. The van der Waals surface area contributed by atoms with Crippen molar-refractivity contribution in [2.45, 2.75) is 31.0 Å². The first kappa shape index (κ1) is 23.0. The van der Waals surface area contributed by atoms with Crippen LogP contribution >= 0.6 is 11.8 Å². The zero-order chi connectivity index (χ0) is 24.3. The number of carbonyl (C=O) groups excluding carboxylic acids is 2.